The summed E-state index contributed by atoms with van der Waals surface area (Å²) < 4.78 is 4.57. The maximum Gasteiger partial charge on any atom is 0.341 e. The number of H-pyrrole nitrogens is 1. The first-order valence-corrected chi connectivity index (χ1v) is 6.62. The van der Waals surface area contributed by atoms with Gasteiger partial charge in [0, 0.05) is 5.56 Å². The molecule has 1 aromatic heterocycles. The third kappa shape index (κ3) is 2.69. The number of para-hydroxylation sites is 1. The van der Waals surface area contributed by atoms with Crippen LogP contribution in [0.2, 0.25) is 0 Å². The zero-order valence-corrected chi connectivity index (χ0v) is 12.0. The lowest BCUT2D eigenvalue weighted by molar-refractivity contribution is 0.0597. The van der Waals surface area contributed by atoms with Gasteiger partial charge in [0.15, 0.2) is 5.75 Å². The SMILES string of the molecule is COC(=O)c1cccc(NC(=O)c2ccc3n[nH]nc3c2)c1O. The van der Waals surface area contributed by atoms with Gasteiger partial charge < -0.3 is 15.2 Å². The maximum absolute atomic E-state index is 12.3. The summed E-state index contributed by atoms with van der Waals surface area (Å²) in [5.41, 5.74) is 1.60. The van der Waals surface area contributed by atoms with Gasteiger partial charge in [-0.05, 0) is 30.3 Å². The number of nitrogens with zero attached hydrogens (tertiary/aromatic N) is 2. The lowest BCUT2D eigenvalue weighted by atomic mass is 10.1. The van der Waals surface area contributed by atoms with E-state index in [1.54, 1.807) is 18.2 Å². The van der Waals surface area contributed by atoms with Crippen LogP contribution in [-0.2, 0) is 4.74 Å². The summed E-state index contributed by atoms with van der Waals surface area (Å²) in [5, 5.41) is 22.9. The predicted molar refractivity (Wildman–Crippen MR) is 81.3 cm³/mol. The number of methoxy groups -OCH3 is 1. The largest absolute Gasteiger partial charge is 0.505 e. The molecule has 3 rings (SSSR count). The van der Waals surface area contributed by atoms with E-state index < -0.39 is 11.9 Å². The monoisotopic (exact) mass is 312 g/mol. The molecule has 0 unspecified atom stereocenters. The molecule has 8 heteroatoms. The van der Waals surface area contributed by atoms with Crippen molar-refractivity contribution in [2.75, 3.05) is 12.4 Å². The van der Waals surface area contributed by atoms with E-state index in [2.05, 4.69) is 25.5 Å². The van der Waals surface area contributed by atoms with Crippen molar-refractivity contribution >= 4 is 28.6 Å². The lowest BCUT2D eigenvalue weighted by Crippen LogP contribution is -2.13. The molecule has 0 fully saturated rings. The fourth-order valence-corrected chi connectivity index (χ4v) is 2.10. The molecule has 0 atom stereocenters. The molecule has 0 bridgehead atoms. The Bertz CT molecular complexity index is 903. The minimum absolute atomic E-state index is 0.0303. The van der Waals surface area contributed by atoms with Crippen LogP contribution in [0.5, 0.6) is 5.75 Å². The smallest absolute Gasteiger partial charge is 0.341 e. The van der Waals surface area contributed by atoms with Gasteiger partial charge in [-0.15, -0.1) is 0 Å². The molecule has 23 heavy (non-hydrogen) atoms. The number of aromatic hydroxyl groups is 1. The first-order chi connectivity index (χ1) is 11.1. The number of esters is 1. The van der Waals surface area contributed by atoms with Crippen LogP contribution in [0.3, 0.4) is 0 Å². The van der Waals surface area contributed by atoms with Crippen LogP contribution < -0.4 is 5.32 Å². The van der Waals surface area contributed by atoms with E-state index in [0.29, 0.717) is 16.6 Å². The number of aromatic amines is 1. The summed E-state index contributed by atoms with van der Waals surface area (Å²) in [6.45, 7) is 0. The number of phenols is 1. The molecule has 0 aliphatic heterocycles. The van der Waals surface area contributed by atoms with E-state index in [4.69, 9.17) is 0 Å². The highest BCUT2D eigenvalue weighted by Gasteiger charge is 2.17. The van der Waals surface area contributed by atoms with Gasteiger partial charge in [0.1, 0.15) is 16.6 Å². The lowest BCUT2D eigenvalue weighted by Gasteiger charge is -2.10. The maximum atomic E-state index is 12.3. The second-order valence-electron chi connectivity index (χ2n) is 4.67. The number of nitrogens with one attached hydrogen (secondary N) is 2. The van der Waals surface area contributed by atoms with E-state index in [1.807, 2.05) is 0 Å². The number of aromatic nitrogens is 3. The van der Waals surface area contributed by atoms with E-state index in [-0.39, 0.29) is 17.0 Å². The third-order valence-electron chi connectivity index (χ3n) is 3.27. The van der Waals surface area contributed by atoms with Crippen molar-refractivity contribution in [3.8, 4) is 5.75 Å². The first-order valence-electron chi connectivity index (χ1n) is 6.62. The Hall–Kier alpha value is -3.42. The molecule has 1 heterocycles. The molecule has 2 aromatic carbocycles. The molecular formula is C15H12N4O4. The molecule has 3 N–H and O–H groups in total. The second kappa shape index (κ2) is 5.76. The summed E-state index contributed by atoms with van der Waals surface area (Å²) in [5.74, 6) is -1.50. The molecule has 116 valence electrons. The zero-order valence-electron chi connectivity index (χ0n) is 12.0. The van der Waals surface area contributed by atoms with Gasteiger partial charge in [-0.1, -0.05) is 6.07 Å². The second-order valence-corrected chi connectivity index (χ2v) is 4.67. The van der Waals surface area contributed by atoms with Crippen molar-refractivity contribution in [1.29, 1.82) is 0 Å². The Morgan fingerprint density at radius 3 is 2.74 bits per heavy atom. The van der Waals surface area contributed by atoms with E-state index in [0.717, 1.165) is 0 Å². The Morgan fingerprint density at radius 2 is 1.96 bits per heavy atom. The summed E-state index contributed by atoms with van der Waals surface area (Å²) in [7, 11) is 1.21. The molecule has 1 amide bonds. The predicted octanol–water partition coefficient (Wildman–Crippen LogP) is 1.70. The van der Waals surface area contributed by atoms with Gasteiger partial charge in [-0.2, -0.15) is 15.4 Å². The molecule has 0 saturated heterocycles. The highest BCUT2D eigenvalue weighted by Crippen LogP contribution is 2.28. The summed E-state index contributed by atoms with van der Waals surface area (Å²) in [6, 6.07) is 9.21. The molecule has 0 spiro atoms. The Kier molecular flexibility index (Phi) is 3.63. The Morgan fingerprint density at radius 1 is 1.17 bits per heavy atom. The average Bonchev–Trinajstić information content (AvgIpc) is 3.03. The van der Waals surface area contributed by atoms with Crippen LogP contribution >= 0.6 is 0 Å². The van der Waals surface area contributed by atoms with Crippen molar-refractivity contribution in [2.45, 2.75) is 0 Å². The minimum atomic E-state index is -0.692. The number of rotatable bonds is 3. The average molecular weight is 312 g/mol. The standard InChI is InChI=1S/C15H12N4O4/c1-23-15(22)9-3-2-4-11(13(9)20)16-14(21)8-5-6-10-12(7-8)18-19-17-10/h2-7,20H,1H3,(H,16,21)(H,17,18,19). The van der Waals surface area contributed by atoms with Gasteiger partial charge in [0.25, 0.3) is 5.91 Å². The van der Waals surface area contributed by atoms with E-state index in [9.17, 15) is 14.7 Å². The Labute approximate surface area is 130 Å². The molecule has 8 nitrogen and oxygen atoms in total. The van der Waals surface area contributed by atoms with Gasteiger partial charge >= 0.3 is 5.97 Å². The van der Waals surface area contributed by atoms with Crippen molar-refractivity contribution in [3.63, 3.8) is 0 Å². The van der Waals surface area contributed by atoms with Gasteiger partial charge in [0.2, 0.25) is 0 Å². The number of benzene rings is 2. The van der Waals surface area contributed by atoms with Crippen molar-refractivity contribution in [3.05, 3.63) is 47.5 Å². The number of phenolic OH excluding ortho intramolecular Hbond substituents is 1. The van der Waals surface area contributed by atoms with Gasteiger partial charge in [-0.25, -0.2) is 4.79 Å². The molecule has 0 aliphatic carbocycles. The summed E-state index contributed by atoms with van der Waals surface area (Å²) in [4.78, 5) is 23.8. The number of carbonyl (C=O) groups excluding carboxylic acids is 2. The molecular weight excluding hydrogens is 300 g/mol. The van der Waals surface area contributed by atoms with Gasteiger partial charge in [0.05, 0.1) is 12.8 Å². The van der Waals surface area contributed by atoms with Crippen LogP contribution in [0.15, 0.2) is 36.4 Å². The summed E-state index contributed by atoms with van der Waals surface area (Å²) >= 11 is 0. The quantitative estimate of drug-likeness (QED) is 0.500. The highest BCUT2D eigenvalue weighted by atomic mass is 16.5. The number of hydrogen-bond acceptors (Lipinski definition) is 6. The molecule has 0 saturated carbocycles. The minimum Gasteiger partial charge on any atom is -0.505 e. The van der Waals surface area contributed by atoms with Crippen LogP contribution in [-0.4, -0.2) is 39.5 Å². The number of hydrogen-bond donors (Lipinski definition) is 3. The number of ether oxygens (including phenoxy) is 1. The number of carbonyl (C=O) groups is 2. The van der Waals surface area contributed by atoms with Crippen LogP contribution in [0.1, 0.15) is 20.7 Å². The van der Waals surface area contributed by atoms with E-state index in [1.165, 1.54) is 25.3 Å². The first kappa shape index (κ1) is 14.5. The summed E-state index contributed by atoms with van der Waals surface area (Å²) in [6.07, 6.45) is 0. The topological polar surface area (TPSA) is 117 Å². The highest BCUT2D eigenvalue weighted by molar-refractivity contribution is 6.07. The fraction of sp³-hybridized carbons (Fsp3) is 0.0667. The van der Waals surface area contributed by atoms with Crippen LogP contribution in [0.4, 0.5) is 5.69 Å². The molecule has 3 aromatic rings. The number of amides is 1. The van der Waals surface area contributed by atoms with Crippen molar-refractivity contribution < 1.29 is 19.4 Å². The fourth-order valence-electron chi connectivity index (χ4n) is 2.10. The zero-order chi connectivity index (χ0) is 16.4. The Balaban J connectivity index is 1.89. The third-order valence-corrected chi connectivity index (χ3v) is 3.27. The number of anilines is 1. The molecule has 0 aliphatic rings. The van der Waals surface area contributed by atoms with E-state index >= 15 is 0 Å². The van der Waals surface area contributed by atoms with Gasteiger partial charge in [-0.3, -0.25) is 4.79 Å². The molecule has 0 radical (unpaired) electrons. The van der Waals surface area contributed by atoms with Crippen molar-refractivity contribution in [1.82, 2.24) is 15.4 Å². The van der Waals surface area contributed by atoms with Crippen LogP contribution in [0.25, 0.3) is 11.0 Å². The van der Waals surface area contributed by atoms with Crippen LogP contribution in [0, 0.1) is 0 Å². The van der Waals surface area contributed by atoms with Crippen molar-refractivity contribution in [2.24, 2.45) is 0 Å². The normalized spacial score (nSPS) is 10.5. The number of fused-ring (bicyclic) bond motifs is 1.